The number of aliphatic hydroxyl groups is 1. The molecule has 1 unspecified atom stereocenters. The Morgan fingerprint density at radius 1 is 1.50 bits per heavy atom. The topological polar surface area (TPSA) is 33.1 Å². The van der Waals surface area contributed by atoms with E-state index in [9.17, 15) is 5.11 Å². The highest BCUT2D eigenvalue weighted by Gasteiger charge is 1.96. The van der Waals surface area contributed by atoms with Gasteiger partial charge in [-0.3, -0.25) is 0 Å². The fourth-order valence-electron chi connectivity index (χ4n) is 1.06. The van der Waals surface area contributed by atoms with Crippen LogP contribution >= 0.6 is 0 Å². The minimum Gasteiger partial charge on any atom is -0.380 e. The third-order valence-corrected chi connectivity index (χ3v) is 1.86. The van der Waals surface area contributed by atoms with Gasteiger partial charge in [0, 0.05) is 6.20 Å². The van der Waals surface area contributed by atoms with E-state index in [-0.39, 0.29) is 0 Å². The standard InChI is InChI=1S/C12H15NO/c1-2-3-7-12(14)9-8-11-6-4-5-10-13-11/h4-6,10,12,14H,2-3,7H2,1H3. The molecule has 0 aliphatic heterocycles. The Bertz CT molecular complexity index is 310. The van der Waals surface area contributed by atoms with Gasteiger partial charge in [0.1, 0.15) is 11.8 Å². The van der Waals surface area contributed by atoms with Crippen LogP contribution in [0.5, 0.6) is 0 Å². The van der Waals surface area contributed by atoms with Crippen LogP contribution in [-0.4, -0.2) is 16.2 Å². The van der Waals surface area contributed by atoms with E-state index in [4.69, 9.17) is 0 Å². The molecule has 0 fully saturated rings. The normalized spacial score (nSPS) is 11.6. The minimum atomic E-state index is -0.517. The molecule has 0 saturated heterocycles. The molecule has 1 heterocycles. The third-order valence-electron chi connectivity index (χ3n) is 1.86. The number of hydrogen-bond donors (Lipinski definition) is 1. The summed E-state index contributed by atoms with van der Waals surface area (Å²) in [6, 6.07) is 5.56. The van der Waals surface area contributed by atoms with Crippen LogP contribution in [0.3, 0.4) is 0 Å². The Hall–Kier alpha value is -1.33. The second kappa shape index (κ2) is 6.17. The van der Waals surface area contributed by atoms with Gasteiger partial charge >= 0.3 is 0 Å². The Balaban J connectivity index is 2.47. The van der Waals surface area contributed by atoms with Crippen LogP contribution in [0.15, 0.2) is 24.4 Å². The van der Waals surface area contributed by atoms with Crippen molar-refractivity contribution in [1.82, 2.24) is 4.98 Å². The van der Waals surface area contributed by atoms with Gasteiger partial charge in [-0.25, -0.2) is 4.98 Å². The zero-order valence-electron chi connectivity index (χ0n) is 8.40. The van der Waals surface area contributed by atoms with E-state index in [1.165, 1.54) is 0 Å². The molecule has 0 aromatic carbocycles. The Morgan fingerprint density at radius 2 is 2.36 bits per heavy atom. The van der Waals surface area contributed by atoms with Gasteiger partial charge < -0.3 is 5.11 Å². The van der Waals surface area contributed by atoms with Crippen LogP contribution in [0.25, 0.3) is 0 Å². The lowest BCUT2D eigenvalue weighted by molar-refractivity contribution is 0.218. The van der Waals surface area contributed by atoms with Gasteiger partial charge in [0.05, 0.1) is 0 Å². The van der Waals surface area contributed by atoms with E-state index in [1.807, 2.05) is 18.2 Å². The summed E-state index contributed by atoms with van der Waals surface area (Å²) < 4.78 is 0. The van der Waals surface area contributed by atoms with E-state index in [2.05, 4.69) is 23.7 Å². The lowest BCUT2D eigenvalue weighted by atomic mass is 10.1. The Morgan fingerprint density at radius 3 is 3.00 bits per heavy atom. The Labute approximate surface area is 85.0 Å². The molecule has 0 saturated carbocycles. The number of rotatable bonds is 3. The van der Waals surface area contributed by atoms with Gasteiger partial charge in [-0.1, -0.05) is 31.8 Å². The monoisotopic (exact) mass is 189 g/mol. The van der Waals surface area contributed by atoms with Gasteiger partial charge in [0.25, 0.3) is 0 Å². The van der Waals surface area contributed by atoms with Gasteiger partial charge in [0.2, 0.25) is 0 Å². The Kier molecular flexibility index (Phi) is 4.74. The molecule has 1 atom stereocenters. The van der Waals surface area contributed by atoms with Gasteiger partial charge in [-0.15, -0.1) is 0 Å². The molecule has 14 heavy (non-hydrogen) atoms. The van der Waals surface area contributed by atoms with E-state index < -0.39 is 6.10 Å². The molecule has 0 bridgehead atoms. The fraction of sp³-hybridized carbons (Fsp3) is 0.417. The molecule has 0 amide bonds. The first-order valence-electron chi connectivity index (χ1n) is 4.93. The molecular formula is C12H15NO. The summed E-state index contributed by atoms with van der Waals surface area (Å²) >= 11 is 0. The van der Waals surface area contributed by atoms with Crippen molar-refractivity contribution >= 4 is 0 Å². The lowest BCUT2D eigenvalue weighted by Crippen LogP contribution is -2.01. The SMILES string of the molecule is CCCCC(O)C#Cc1ccccn1. The van der Waals surface area contributed by atoms with Crippen LogP contribution < -0.4 is 0 Å². The highest BCUT2D eigenvalue weighted by molar-refractivity contribution is 5.27. The maximum absolute atomic E-state index is 9.44. The highest BCUT2D eigenvalue weighted by atomic mass is 16.3. The molecule has 1 N–H and O–H groups in total. The van der Waals surface area contributed by atoms with Crippen molar-refractivity contribution in [2.45, 2.75) is 32.3 Å². The van der Waals surface area contributed by atoms with Crippen molar-refractivity contribution in [2.75, 3.05) is 0 Å². The van der Waals surface area contributed by atoms with Crippen molar-refractivity contribution in [3.8, 4) is 11.8 Å². The van der Waals surface area contributed by atoms with E-state index >= 15 is 0 Å². The van der Waals surface area contributed by atoms with Crippen molar-refractivity contribution in [3.63, 3.8) is 0 Å². The molecule has 2 heteroatoms. The van der Waals surface area contributed by atoms with Crippen molar-refractivity contribution in [3.05, 3.63) is 30.1 Å². The van der Waals surface area contributed by atoms with Crippen molar-refractivity contribution in [1.29, 1.82) is 0 Å². The average molecular weight is 189 g/mol. The summed E-state index contributed by atoms with van der Waals surface area (Å²) in [5.74, 6) is 5.62. The molecule has 2 nitrogen and oxygen atoms in total. The highest BCUT2D eigenvalue weighted by Crippen LogP contribution is 1.99. The smallest absolute Gasteiger partial charge is 0.115 e. The molecule has 1 aromatic rings. The van der Waals surface area contributed by atoms with Crippen molar-refractivity contribution < 1.29 is 5.11 Å². The van der Waals surface area contributed by atoms with E-state index in [0.717, 1.165) is 19.3 Å². The zero-order chi connectivity index (χ0) is 10.2. The summed E-state index contributed by atoms with van der Waals surface area (Å²) in [4.78, 5) is 4.05. The molecule has 0 radical (unpaired) electrons. The number of unbranched alkanes of at least 4 members (excludes halogenated alkanes) is 1. The van der Waals surface area contributed by atoms with E-state index in [0.29, 0.717) is 5.69 Å². The maximum atomic E-state index is 9.44. The summed E-state index contributed by atoms with van der Waals surface area (Å²) in [6.45, 7) is 2.10. The molecule has 0 spiro atoms. The lowest BCUT2D eigenvalue weighted by Gasteiger charge is -1.99. The summed E-state index contributed by atoms with van der Waals surface area (Å²) in [5.41, 5.74) is 0.711. The largest absolute Gasteiger partial charge is 0.380 e. The summed E-state index contributed by atoms with van der Waals surface area (Å²) in [5, 5.41) is 9.44. The predicted molar refractivity (Wildman–Crippen MR) is 56.6 cm³/mol. The van der Waals surface area contributed by atoms with Gasteiger partial charge in [0.15, 0.2) is 0 Å². The zero-order valence-corrected chi connectivity index (χ0v) is 8.40. The molecule has 0 aliphatic carbocycles. The number of aliphatic hydroxyl groups excluding tert-OH is 1. The second-order valence-corrected chi connectivity index (χ2v) is 3.14. The first kappa shape index (κ1) is 10.7. The van der Waals surface area contributed by atoms with Crippen LogP contribution in [0.2, 0.25) is 0 Å². The third kappa shape index (κ3) is 4.06. The number of nitrogens with zero attached hydrogens (tertiary/aromatic N) is 1. The number of pyridine rings is 1. The van der Waals surface area contributed by atoms with Gasteiger partial charge in [-0.05, 0) is 24.5 Å². The minimum absolute atomic E-state index is 0.517. The fourth-order valence-corrected chi connectivity index (χ4v) is 1.06. The molecule has 74 valence electrons. The first-order valence-corrected chi connectivity index (χ1v) is 4.93. The van der Waals surface area contributed by atoms with Gasteiger partial charge in [-0.2, -0.15) is 0 Å². The molecule has 1 aromatic heterocycles. The molecule has 1 rings (SSSR count). The van der Waals surface area contributed by atoms with Crippen molar-refractivity contribution in [2.24, 2.45) is 0 Å². The van der Waals surface area contributed by atoms with Crippen LogP contribution in [0, 0.1) is 11.8 Å². The molecular weight excluding hydrogens is 174 g/mol. The van der Waals surface area contributed by atoms with Crippen LogP contribution in [0.4, 0.5) is 0 Å². The molecule has 0 aliphatic rings. The van der Waals surface area contributed by atoms with Crippen LogP contribution in [0.1, 0.15) is 31.9 Å². The number of hydrogen-bond acceptors (Lipinski definition) is 2. The van der Waals surface area contributed by atoms with E-state index in [1.54, 1.807) is 6.20 Å². The quantitative estimate of drug-likeness (QED) is 0.737. The second-order valence-electron chi connectivity index (χ2n) is 3.14. The summed E-state index contributed by atoms with van der Waals surface area (Å²) in [7, 11) is 0. The summed E-state index contributed by atoms with van der Waals surface area (Å²) in [6.07, 6.45) is 4.02. The van der Waals surface area contributed by atoms with Crippen LogP contribution in [-0.2, 0) is 0 Å². The maximum Gasteiger partial charge on any atom is 0.115 e. The first-order chi connectivity index (χ1) is 6.83. The number of aromatic nitrogens is 1. The predicted octanol–water partition coefficient (Wildman–Crippen LogP) is 1.98. The average Bonchev–Trinajstić information content (AvgIpc) is 2.25.